The van der Waals surface area contributed by atoms with E-state index in [2.05, 4.69) is 10.5 Å². The molecule has 0 fully saturated rings. The van der Waals surface area contributed by atoms with Crippen LogP contribution in [0.25, 0.3) is 0 Å². The summed E-state index contributed by atoms with van der Waals surface area (Å²) < 4.78 is 21.9. The molecule has 1 aliphatic rings. The normalized spacial score (nSPS) is 12.4. The van der Waals surface area contributed by atoms with E-state index < -0.39 is 0 Å². The van der Waals surface area contributed by atoms with Gasteiger partial charge in [-0.3, -0.25) is 4.79 Å². The highest BCUT2D eigenvalue weighted by atomic mass is 16.7. The molecule has 3 aromatic rings. The predicted molar refractivity (Wildman–Crippen MR) is 121 cm³/mol. The summed E-state index contributed by atoms with van der Waals surface area (Å²) in [6.07, 6.45) is 0. The van der Waals surface area contributed by atoms with Crippen LogP contribution in [0.3, 0.4) is 0 Å². The number of nitrogens with one attached hydrogen (secondary N) is 1. The first kappa shape index (κ1) is 21.2. The molecule has 7 heteroatoms. The van der Waals surface area contributed by atoms with Gasteiger partial charge in [0.1, 0.15) is 18.1 Å². The minimum atomic E-state index is -0.288. The van der Waals surface area contributed by atoms with Crippen LogP contribution in [0.15, 0.2) is 71.8 Å². The maximum Gasteiger partial charge on any atom is 0.271 e. The van der Waals surface area contributed by atoms with Gasteiger partial charge >= 0.3 is 0 Å². The maximum absolute atomic E-state index is 12.4. The molecule has 0 bridgehead atoms. The van der Waals surface area contributed by atoms with Crippen LogP contribution in [0, 0.1) is 0 Å². The summed E-state index contributed by atoms with van der Waals surface area (Å²) in [5.41, 5.74) is 5.56. The van der Waals surface area contributed by atoms with E-state index in [1.54, 1.807) is 12.1 Å². The average Bonchev–Trinajstić information content (AvgIpc) is 3.30. The zero-order valence-electron chi connectivity index (χ0n) is 18.0. The fourth-order valence-electron chi connectivity index (χ4n) is 3.10. The van der Waals surface area contributed by atoms with Crippen LogP contribution in [0.1, 0.15) is 35.3 Å². The highest BCUT2D eigenvalue weighted by molar-refractivity contribution is 6.01. The summed E-state index contributed by atoms with van der Waals surface area (Å²) in [7, 11) is 0. The van der Waals surface area contributed by atoms with Gasteiger partial charge < -0.3 is 18.9 Å². The van der Waals surface area contributed by atoms with Gasteiger partial charge in [-0.05, 0) is 74.0 Å². The van der Waals surface area contributed by atoms with Crippen molar-refractivity contribution >= 4 is 11.6 Å². The van der Waals surface area contributed by atoms with Crippen molar-refractivity contribution in [2.24, 2.45) is 5.10 Å². The van der Waals surface area contributed by atoms with Gasteiger partial charge in [0, 0.05) is 11.1 Å². The Morgan fingerprint density at radius 1 is 0.906 bits per heavy atom. The minimum absolute atomic E-state index is 0.215. The third kappa shape index (κ3) is 5.18. The zero-order chi connectivity index (χ0) is 22.3. The third-order valence-electron chi connectivity index (χ3n) is 4.87. The average molecular weight is 432 g/mol. The largest absolute Gasteiger partial charge is 0.494 e. The van der Waals surface area contributed by atoms with Gasteiger partial charge in [0.2, 0.25) is 6.79 Å². The summed E-state index contributed by atoms with van der Waals surface area (Å²) in [6.45, 7) is 5.01. The van der Waals surface area contributed by atoms with Crippen molar-refractivity contribution < 1.29 is 23.7 Å². The number of amides is 1. The number of fused-ring (bicyclic) bond motifs is 1. The van der Waals surface area contributed by atoms with E-state index in [9.17, 15) is 4.79 Å². The highest BCUT2D eigenvalue weighted by Crippen LogP contribution is 2.32. The standard InChI is InChI=1S/C25H24N2O5/c1-3-29-21-9-11-22(12-10-21)30-15-18-4-6-19(7-5-18)25(28)27-26-17(2)20-8-13-23-24(14-20)32-16-31-23/h4-14H,3,15-16H2,1-2H3,(H,27,28)/b26-17-. The molecule has 1 aliphatic heterocycles. The Kier molecular flexibility index (Phi) is 6.55. The summed E-state index contributed by atoms with van der Waals surface area (Å²) >= 11 is 0. The van der Waals surface area contributed by atoms with Crippen LogP contribution >= 0.6 is 0 Å². The maximum atomic E-state index is 12.4. The highest BCUT2D eigenvalue weighted by Gasteiger charge is 2.14. The minimum Gasteiger partial charge on any atom is -0.494 e. The van der Waals surface area contributed by atoms with Crippen molar-refractivity contribution in [1.82, 2.24) is 5.43 Å². The summed E-state index contributed by atoms with van der Waals surface area (Å²) in [5, 5.41) is 4.20. The molecular formula is C25H24N2O5. The van der Waals surface area contributed by atoms with Gasteiger partial charge in [0.25, 0.3) is 5.91 Å². The second-order valence-corrected chi connectivity index (χ2v) is 7.10. The molecule has 1 N–H and O–H groups in total. The molecule has 4 rings (SSSR count). The summed E-state index contributed by atoms with van der Waals surface area (Å²) in [4.78, 5) is 12.4. The third-order valence-corrected chi connectivity index (χ3v) is 4.87. The topological polar surface area (TPSA) is 78.4 Å². The van der Waals surface area contributed by atoms with Crippen LogP contribution in [-0.4, -0.2) is 25.0 Å². The van der Waals surface area contributed by atoms with Crippen molar-refractivity contribution in [3.05, 3.63) is 83.4 Å². The predicted octanol–water partition coefficient (Wildman–Crippen LogP) is 4.55. The Labute approximate surface area is 186 Å². The molecule has 1 heterocycles. The number of hydrogen-bond donors (Lipinski definition) is 1. The number of nitrogens with zero attached hydrogens (tertiary/aromatic N) is 1. The first-order chi connectivity index (χ1) is 15.6. The zero-order valence-corrected chi connectivity index (χ0v) is 18.0. The lowest BCUT2D eigenvalue weighted by Crippen LogP contribution is -2.19. The van der Waals surface area contributed by atoms with Crippen LogP contribution in [0.5, 0.6) is 23.0 Å². The van der Waals surface area contributed by atoms with E-state index in [0.29, 0.717) is 36.0 Å². The smallest absolute Gasteiger partial charge is 0.271 e. The van der Waals surface area contributed by atoms with E-state index in [4.69, 9.17) is 18.9 Å². The Bertz CT molecular complexity index is 1110. The Morgan fingerprint density at radius 2 is 1.56 bits per heavy atom. The Balaban J connectivity index is 1.31. The molecule has 0 unspecified atom stereocenters. The number of carbonyl (C=O) groups is 1. The van der Waals surface area contributed by atoms with Gasteiger partial charge in [-0.25, -0.2) is 5.43 Å². The SMILES string of the molecule is CCOc1ccc(OCc2ccc(C(=O)N/N=C(/C)c3ccc4c(c3)OCO4)cc2)cc1. The second kappa shape index (κ2) is 9.87. The monoisotopic (exact) mass is 432 g/mol. The Hall–Kier alpha value is -4.00. The van der Waals surface area contributed by atoms with E-state index in [1.807, 2.05) is 68.4 Å². The number of carbonyl (C=O) groups excluding carboxylic acids is 1. The molecule has 0 atom stereocenters. The number of benzene rings is 3. The molecule has 0 radical (unpaired) electrons. The van der Waals surface area contributed by atoms with Gasteiger partial charge in [0.05, 0.1) is 12.3 Å². The molecular weight excluding hydrogens is 408 g/mol. The number of hydrazone groups is 1. The lowest BCUT2D eigenvalue weighted by atomic mass is 10.1. The van der Waals surface area contributed by atoms with Gasteiger partial charge in [-0.15, -0.1) is 0 Å². The molecule has 1 amide bonds. The Morgan fingerprint density at radius 3 is 2.28 bits per heavy atom. The van der Waals surface area contributed by atoms with Crippen molar-refractivity contribution in [2.45, 2.75) is 20.5 Å². The number of rotatable bonds is 8. The van der Waals surface area contributed by atoms with E-state index in [0.717, 1.165) is 22.6 Å². The van der Waals surface area contributed by atoms with E-state index >= 15 is 0 Å². The quantitative estimate of drug-likeness (QED) is 0.417. The van der Waals surface area contributed by atoms with Crippen molar-refractivity contribution in [3.63, 3.8) is 0 Å². The van der Waals surface area contributed by atoms with Crippen LogP contribution in [-0.2, 0) is 6.61 Å². The van der Waals surface area contributed by atoms with Crippen molar-refractivity contribution in [1.29, 1.82) is 0 Å². The fraction of sp³-hybridized carbons (Fsp3) is 0.200. The number of ether oxygens (including phenoxy) is 4. The molecule has 3 aromatic carbocycles. The first-order valence-electron chi connectivity index (χ1n) is 10.3. The molecule has 7 nitrogen and oxygen atoms in total. The first-order valence-corrected chi connectivity index (χ1v) is 10.3. The summed E-state index contributed by atoms with van der Waals surface area (Å²) in [5.74, 6) is 2.66. The van der Waals surface area contributed by atoms with Crippen molar-refractivity contribution in [3.8, 4) is 23.0 Å². The van der Waals surface area contributed by atoms with Gasteiger partial charge in [-0.2, -0.15) is 5.10 Å². The van der Waals surface area contributed by atoms with Gasteiger partial charge in [0.15, 0.2) is 11.5 Å². The molecule has 32 heavy (non-hydrogen) atoms. The van der Waals surface area contributed by atoms with E-state index in [-0.39, 0.29) is 12.7 Å². The van der Waals surface area contributed by atoms with Crippen LogP contribution < -0.4 is 24.4 Å². The van der Waals surface area contributed by atoms with Gasteiger partial charge in [-0.1, -0.05) is 12.1 Å². The van der Waals surface area contributed by atoms with E-state index in [1.165, 1.54) is 0 Å². The molecule has 0 spiro atoms. The lowest BCUT2D eigenvalue weighted by molar-refractivity contribution is 0.0954. The molecule has 164 valence electrons. The lowest BCUT2D eigenvalue weighted by Gasteiger charge is -2.08. The molecule has 0 saturated heterocycles. The number of hydrogen-bond acceptors (Lipinski definition) is 6. The summed E-state index contributed by atoms with van der Waals surface area (Å²) in [6, 6.07) is 20.2. The van der Waals surface area contributed by atoms with Crippen LogP contribution in [0.2, 0.25) is 0 Å². The van der Waals surface area contributed by atoms with Crippen molar-refractivity contribution in [2.75, 3.05) is 13.4 Å². The second-order valence-electron chi connectivity index (χ2n) is 7.10. The fourth-order valence-corrected chi connectivity index (χ4v) is 3.10. The molecule has 0 aliphatic carbocycles. The van der Waals surface area contributed by atoms with Crippen LogP contribution in [0.4, 0.5) is 0 Å². The molecule has 0 aromatic heterocycles. The molecule has 0 saturated carbocycles.